The fourth-order valence-corrected chi connectivity index (χ4v) is 8.73. The Morgan fingerprint density at radius 1 is 0.485 bits per heavy atom. The summed E-state index contributed by atoms with van der Waals surface area (Å²) >= 11 is 0. The number of rotatable bonds is 44. The van der Waals surface area contributed by atoms with E-state index >= 15 is 0 Å². The minimum absolute atomic E-state index is 0.0627. The highest BCUT2D eigenvalue weighted by molar-refractivity contribution is 5.69. The van der Waals surface area contributed by atoms with Crippen molar-refractivity contribution in [1.82, 2.24) is 0 Å². The molecule has 0 spiro atoms. The molecule has 2 aliphatic heterocycles. The maximum atomic E-state index is 13.0. The van der Waals surface area contributed by atoms with Gasteiger partial charge in [0.25, 0.3) is 0 Å². The lowest BCUT2D eigenvalue weighted by molar-refractivity contribution is -0.332. The van der Waals surface area contributed by atoms with Gasteiger partial charge >= 0.3 is 5.97 Å². The zero-order valence-electron chi connectivity index (χ0n) is 42.6. The highest BCUT2D eigenvalue weighted by atomic mass is 16.7. The summed E-state index contributed by atoms with van der Waals surface area (Å²) in [5, 5.41) is 72.2. The largest absolute Gasteiger partial charge is 0.457 e. The summed E-state index contributed by atoms with van der Waals surface area (Å²) in [5.74, 6) is -0.381. The molecule has 7 N–H and O–H groups in total. The van der Waals surface area contributed by atoms with Crippen molar-refractivity contribution in [2.24, 2.45) is 0 Å². The second-order valence-corrected chi connectivity index (χ2v) is 19.4. The van der Waals surface area contributed by atoms with Crippen molar-refractivity contribution in [2.45, 2.75) is 280 Å². The first-order valence-corrected chi connectivity index (χ1v) is 27.4. The van der Waals surface area contributed by atoms with Crippen molar-refractivity contribution in [3.05, 3.63) is 24.3 Å². The van der Waals surface area contributed by atoms with Crippen LogP contribution in [0.4, 0.5) is 0 Å². The third-order valence-corrected chi connectivity index (χ3v) is 13.2. The quantitative estimate of drug-likeness (QED) is 0.0173. The van der Waals surface area contributed by atoms with E-state index in [9.17, 15) is 40.5 Å². The summed E-state index contributed by atoms with van der Waals surface area (Å²) in [6, 6.07) is 0. The van der Waals surface area contributed by atoms with Crippen LogP contribution in [-0.2, 0) is 33.2 Å². The van der Waals surface area contributed by atoms with Crippen LogP contribution in [0, 0.1) is 0 Å². The standard InChI is InChI=1S/C54H100O14/c1-3-5-7-9-11-13-15-17-19-21-23-25-27-29-31-33-35-37-46(56)66-43(40-63-38-36-34-32-30-28-26-24-22-20-18-16-14-12-10-8-6-4-2)41-64-53-52(62)50(60)48(58)45(68-53)42-65-54-51(61)49(59)47(57)44(39-55)67-54/h11,13,17,19,43-45,47-55,57-62H,3-10,12,14-16,18,20-42H2,1-2H3/b13-11-,19-17-. The normalized spacial score (nSPS) is 26.0. The average molecular weight is 973 g/mol. The highest BCUT2D eigenvalue weighted by Crippen LogP contribution is 2.26. The first-order valence-electron chi connectivity index (χ1n) is 27.4. The van der Waals surface area contributed by atoms with Crippen LogP contribution in [0.2, 0.25) is 0 Å². The summed E-state index contributed by atoms with van der Waals surface area (Å²) in [6.45, 7) is 3.69. The third kappa shape index (κ3) is 29.1. The number of carbonyl (C=O) groups is 1. The molecule has 0 aliphatic carbocycles. The van der Waals surface area contributed by atoms with E-state index in [2.05, 4.69) is 38.2 Å². The van der Waals surface area contributed by atoms with Gasteiger partial charge in [0.15, 0.2) is 12.6 Å². The highest BCUT2D eigenvalue weighted by Gasteiger charge is 2.47. The monoisotopic (exact) mass is 973 g/mol. The SMILES string of the molecule is CCCCC/C=C\C/C=C\CCCCCCCCCC(=O)OC(COCCCCCCCCCCCCCCCCCCC)COC1OC(COC2OC(CO)C(O)C(O)C2O)C(O)C(O)C1O. The molecule has 0 aromatic carbocycles. The number of aliphatic hydroxyl groups is 7. The molecule has 2 aliphatic rings. The second-order valence-electron chi connectivity index (χ2n) is 19.4. The lowest BCUT2D eigenvalue weighted by Gasteiger charge is -2.42. The van der Waals surface area contributed by atoms with Gasteiger partial charge in [-0.1, -0.05) is 186 Å². The predicted molar refractivity (Wildman–Crippen MR) is 266 cm³/mol. The molecule has 2 rings (SSSR count). The molecule has 14 nitrogen and oxygen atoms in total. The zero-order chi connectivity index (χ0) is 49.5. The van der Waals surface area contributed by atoms with E-state index in [1.54, 1.807) is 0 Å². The van der Waals surface area contributed by atoms with Gasteiger partial charge in [0.05, 0.1) is 26.4 Å². The van der Waals surface area contributed by atoms with Crippen LogP contribution < -0.4 is 0 Å². The lowest BCUT2D eigenvalue weighted by Crippen LogP contribution is -2.61. The van der Waals surface area contributed by atoms with Gasteiger partial charge in [-0.2, -0.15) is 0 Å². The molecule has 2 fully saturated rings. The molecule has 0 amide bonds. The van der Waals surface area contributed by atoms with Gasteiger partial charge in [0, 0.05) is 13.0 Å². The molecule has 14 heteroatoms. The molecule has 0 aromatic heterocycles. The Morgan fingerprint density at radius 3 is 1.44 bits per heavy atom. The molecule has 11 unspecified atom stereocenters. The molecular formula is C54H100O14. The summed E-state index contributed by atoms with van der Waals surface area (Å²) < 4.78 is 34.3. The molecule has 11 atom stereocenters. The molecular weight excluding hydrogens is 873 g/mol. The minimum atomic E-state index is -1.71. The van der Waals surface area contributed by atoms with Crippen LogP contribution in [0.15, 0.2) is 24.3 Å². The fraction of sp³-hybridized carbons (Fsp3) is 0.907. The molecule has 0 saturated carbocycles. The third-order valence-electron chi connectivity index (χ3n) is 13.2. The van der Waals surface area contributed by atoms with Crippen LogP contribution in [0.3, 0.4) is 0 Å². The van der Waals surface area contributed by atoms with Gasteiger partial charge < -0.3 is 64.2 Å². The van der Waals surface area contributed by atoms with Crippen LogP contribution in [0.25, 0.3) is 0 Å². The summed E-state index contributed by atoms with van der Waals surface area (Å²) in [7, 11) is 0. The zero-order valence-corrected chi connectivity index (χ0v) is 42.6. The van der Waals surface area contributed by atoms with Crippen molar-refractivity contribution in [2.75, 3.05) is 33.0 Å². The topological polar surface area (TPSA) is 214 Å². The first kappa shape index (κ1) is 62.6. The van der Waals surface area contributed by atoms with Crippen molar-refractivity contribution in [1.29, 1.82) is 0 Å². The van der Waals surface area contributed by atoms with E-state index in [0.29, 0.717) is 13.0 Å². The second kappa shape index (κ2) is 42.0. The lowest BCUT2D eigenvalue weighted by atomic mass is 9.98. The Labute approximate surface area is 411 Å². The molecule has 0 bridgehead atoms. The van der Waals surface area contributed by atoms with Crippen LogP contribution in [-0.4, -0.2) is 142 Å². The van der Waals surface area contributed by atoms with E-state index in [1.165, 1.54) is 135 Å². The number of hydrogen-bond donors (Lipinski definition) is 7. The fourth-order valence-electron chi connectivity index (χ4n) is 8.73. The number of aliphatic hydroxyl groups excluding tert-OH is 7. The number of esters is 1. The van der Waals surface area contributed by atoms with Crippen molar-refractivity contribution >= 4 is 5.97 Å². The Balaban J connectivity index is 1.74. The summed E-state index contributed by atoms with van der Waals surface area (Å²) in [5.41, 5.74) is 0. The summed E-state index contributed by atoms with van der Waals surface area (Å²) in [4.78, 5) is 13.0. The summed E-state index contributed by atoms with van der Waals surface area (Å²) in [6.07, 6.45) is 29.4. The number of unbranched alkanes of at least 4 members (excludes halogenated alkanes) is 26. The Morgan fingerprint density at radius 2 is 0.912 bits per heavy atom. The van der Waals surface area contributed by atoms with E-state index in [1.807, 2.05) is 0 Å². The smallest absolute Gasteiger partial charge is 0.306 e. The van der Waals surface area contributed by atoms with Gasteiger partial charge in [0.2, 0.25) is 0 Å². The number of carbonyl (C=O) groups excluding carboxylic acids is 1. The van der Waals surface area contributed by atoms with Gasteiger partial charge in [0.1, 0.15) is 54.9 Å². The molecule has 2 heterocycles. The van der Waals surface area contributed by atoms with Crippen molar-refractivity contribution < 1.29 is 69.0 Å². The van der Waals surface area contributed by atoms with E-state index in [0.717, 1.165) is 51.4 Å². The minimum Gasteiger partial charge on any atom is -0.457 e. The maximum absolute atomic E-state index is 13.0. The molecule has 0 aromatic rings. The van der Waals surface area contributed by atoms with Crippen LogP contribution in [0.5, 0.6) is 0 Å². The van der Waals surface area contributed by atoms with Gasteiger partial charge in [-0.3, -0.25) is 4.79 Å². The molecule has 2 saturated heterocycles. The number of hydrogen-bond acceptors (Lipinski definition) is 14. The van der Waals surface area contributed by atoms with Gasteiger partial charge in [-0.25, -0.2) is 0 Å². The Bertz CT molecular complexity index is 1220. The van der Waals surface area contributed by atoms with Crippen molar-refractivity contribution in [3.8, 4) is 0 Å². The molecule has 0 radical (unpaired) electrons. The van der Waals surface area contributed by atoms with Crippen LogP contribution >= 0.6 is 0 Å². The van der Waals surface area contributed by atoms with E-state index in [4.69, 9.17) is 28.4 Å². The number of ether oxygens (including phenoxy) is 6. The van der Waals surface area contributed by atoms with E-state index < -0.39 is 80.7 Å². The van der Waals surface area contributed by atoms with Gasteiger partial charge in [-0.05, 0) is 44.9 Å². The van der Waals surface area contributed by atoms with Crippen LogP contribution in [0.1, 0.15) is 213 Å². The Hall–Kier alpha value is -1.53. The molecule has 68 heavy (non-hydrogen) atoms. The molecule has 400 valence electrons. The van der Waals surface area contributed by atoms with E-state index in [-0.39, 0.29) is 25.6 Å². The number of allylic oxidation sites excluding steroid dienone is 4. The average Bonchev–Trinajstić information content (AvgIpc) is 3.33. The predicted octanol–water partition coefficient (Wildman–Crippen LogP) is 8.80. The van der Waals surface area contributed by atoms with Gasteiger partial charge in [-0.15, -0.1) is 0 Å². The maximum Gasteiger partial charge on any atom is 0.306 e. The first-order chi connectivity index (χ1) is 33.1. The van der Waals surface area contributed by atoms with Crippen molar-refractivity contribution in [3.63, 3.8) is 0 Å². The Kier molecular flexibility index (Phi) is 38.7.